The second-order valence-electron chi connectivity index (χ2n) is 3.45. The molecular weight excluding hydrogens is 266 g/mol. The Hall–Kier alpha value is -0.700. The van der Waals surface area contributed by atoms with Crippen LogP contribution in [0.2, 0.25) is 10.0 Å². The molecule has 1 heterocycles. The molecule has 0 atom stereocenters. The van der Waals surface area contributed by atoms with Crippen LogP contribution in [-0.4, -0.2) is 9.78 Å². The molecule has 0 amide bonds. The van der Waals surface area contributed by atoms with Crippen LogP contribution in [0.1, 0.15) is 11.4 Å². The fourth-order valence-corrected chi connectivity index (χ4v) is 2.17. The zero-order valence-electron chi connectivity index (χ0n) is 8.54. The van der Waals surface area contributed by atoms with Gasteiger partial charge in [-0.05, 0) is 31.2 Å². The van der Waals surface area contributed by atoms with E-state index in [0.717, 1.165) is 17.1 Å². The highest BCUT2D eigenvalue weighted by molar-refractivity contribution is 6.34. The first kappa shape index (κ1) is 11.8. The van der Waals surface area contributed by atoms with E-state index in [0.29, 0.717) is 15.9 Å². The quantitative estimate of drug-likeness (QED) is 0.750. The first-order chi connectivity index (χ1) is 7.60. The molecular formula is C11H9Cl3N2. The summed E-state index contributed by atoms with van der Waals surface area (Å²) in [5, 5.41) is 5.52. The molecule has 2 nitrogen and oxygen atoms in total. The topological polar surface area (TPSA) is 17.8 Å². The number of hydrogen-bond acceptors (Lipinski definition) is 1. The molecule has 1 aromatic heterocycles. The largest absolute Gasteiger partial charge is 0.238 e. The Morgan fingerprint density at radius 1 is 1.12 bits per heavy atom. The van der Waals surface area contributed by atoms with Crippen molar-refractivity contribution >= 4 is 34.8 Å². The summed E-state index contributed by atoms with van der Waals surface area (Å²) in [6, 6.07) is 7.24. The van der Waals surface area contributed by atoms with E-state index < -0.39 is 0 Å². The van der Waals surface area contributed by atoms with Crippen molar-refractivity contribution in [1.29, 1.82) is 0 Å². The van der Waals surface area contributed by atoms with Gasteiger partial charge in [0.2, 0.25) is 0 Å². The van der Waals surface area contributed by atoms with Gasteiger partial charge in [-0.3, -0.25) is 0 Å². The Balaban J connectivity index is 2.53. The molecule has 0 saturated heterocycles. The fraction of sp³-hybridized carbons (Fsp3) is 0.182. The summed E-state index contributed by atoms with van der Waals surface area (Å²) in [7, 11) is 0. The van der Waals surface area contributed by atoms with Crippen molar-refractivity contribution in [3.8, 4) is 5.69 Å². The van der Waals surface area contributed by atoms with Crippen molar-refractivity contribution in [1.82, 2.24) is 9.78 Å². The number of hydrogen-bond donors (Lipinski definition) is 0. The number of aryl methyl sites for hydroxylation is 1. The summed E-state index contributed by atoms with van der Waals surface area (Å²) < 4.78 is 1.77. The van der Waals surface area contributed by atoms with Crippen LogP contribution in [0, 0.1) is 6.92 Å². The van der Waals surface area contributed by atoms with Gasteiger partial charge in [0.05, 0.1) is 17.3 Å². The van der Waals surface area contributed by atoms with E-state index >= 15 is 0 Å². The summed E-state index contributed by atoms with van der Waals surface area (Å²) in [6.45, 7) is 1.96. The molecule has 0 unspecified atom stereocenters. The SMILES string of the molecule is Cc1cc(CCl)nn1-c1cc(Cl)cc(Cl)c1. The lowest BCUT2D eigenvalue weighted by molar-refractivity contribution is 0.831. The first-order valence-electron chi connectivity index (χ1n) is 4.68. The third kappa shape index (κ3) is 2.34. The maximum absolute atomic E-state index is 5.94. The number of rotatable bonds is 2. The van der Waals surface area contributed by atoms with E-state index in [1.165, 1.54) is 0 Å². The lowest BCUT2D eigenvalue weighted by Gasteiger charge is -2.05. The molecule has 5 heteroatoms. The average Bonchev–Trinajstić information content (AvgIpc) is 2.58. The van der Waals surface area contributed by atoms with Crippen LogP contribution in [0.4, 0.5) is 0 Å². The van der Waals surface area contributed by atoms with Crippen LogP contribution in [0.5, 0.6) is 0 Å². The Kier molecular flexibility index (Phi) is 3.43. The molecule has 1 aromatic carbocycles. The Morgan fingerprint density at radius 2 is 1.75 bits per heavy atom. The average molecular weight is 276 g/mol. The third-order valence-corrected chi connectivity index (χ3v) is 2.88. The standard InChI is InChI=1S/C11H9Cl3N2/c1-7-2-10(6-12)15-16(7)11-4-8(13)3-9(14)5-11/h2-5H,6H2,1H3. The first-order valence-corrected chi connectivity index (χ1v) is 5.97. The summed E-state index contributed by atoms with van der Waals surface area (Å²) in [6.07, 6.45) is 0. The molecule has 0 bridgehead atoms. The van der Waals surface area contributed by atoms with Gasteiger partial charge in [-0.25, -0.2) is 4.68 Å². The van der Waals surface area contributed by atoms with Crippen molar-refractivity contribution in [3.05, 3.63) is 45.7 Å². The number of benzene rings is 1. The minimum Gasteiger partial charge on any atom is -0.238 e. The van der Waals surface area contributed by atoms with Crippen LogP contribution in [0.15, 0.2) is 24.3 Å². The van der Waals surface area contributed by atoms with Crippen molar-refractivity contribution in [3.63, 3.8) is 0 Å². The zero-order chi connectivity index (χ0) is 11.7. The van der Waals surface area contributed by atoms with Gasteiger partial charge in [-0.15, -0.1) is 11.6 Å². The minimum atomic E-state index is 0.391. The van der Waals surface area contributed by atoms with E-state index in [1.54, 1.807) is 10.7 Å². The van der Waals surface area contributed by atoms with Gasteiger partial charge in [-0.2, -0.15) is 5.10 Å². The molecule has 0 aliphatic rings. The summed E-state index contributed by atoms with van der Waals surface area (Å²) >= 11 is 17.6. The smallest absolute Gasteiger partial charge is 0.0779 e. The lowest BCUT2D eigenvalue weighted by Crippen LogP contribution is -1.99. The monoisotopic (exact) mass is 274 g/mol. The number of aromatic nitrogens is 2. The molecule has 0 saturated carbocycles. The maximum Gasteiger partial charge on any atom is 0.0779 e. The van der Waals surface area contributed by atoms with Crippen molar-refractivity contribution in [2.24, 2.45) is 0 Å². The summed E-state index contributed by atoms with van der Waals surface area (Å²) in [4.78, 5) is 0. The Bertz CT molecular complexity index is 500. The maximum atomic E-state index is 5.94. The second kappa shape index (κ2) is 4.66. The van der Waals surface area contributed by atoms with Gasteiger partial charge in [0.25, 0.3) is 0 Å². The van der Waals surface area contributed by atoms with Crippen LogP contribution in [-0.2, 0) is 5.88 Å². The van der Waals surface area contributed by atoms with Gasteiger partial charge in [0, 0.05) is 15.7 Å². The van der Waals surface area contributed by atoms with Crippen LogP contribution in [0.25, 0.3) is 5.69 Å². The number of alkyl halides is 1. The highest BCUT2D eigenvalue weighted by Crippen LogP contribution is 2.22. The molecule has 0 spiro atoms. The highest BCUT2D eigenvalue weighted by Gasteiger charge is 2.07. The van der Waals surface area contributed by atoms with Gasteiger partial charge >= 0.3 is 0 Å². The minimum absolute atomic E-state index is 0.391. The molecule has 0 N–H and O–H groups in total. The second-order valence-corrected chi connectivity index (χ2v) is 4.59. The molecule has 0 fully saturated rings. The van der Waals surface area contributed by atoms with Gasteiger partial charge in [0.15, 0.2) is 0 Å². The fourth-order valence-electron chi connectivity index (χ4n) is 1.53. The molecule has 0 radical (unpaired) electrons. The van der Waals surface area contributed by atoms with Crippen LogP contribution in [0.3, 0.4) is 0 Å². The highest BCUT2D eigenvalue weighted by atomic mass is 35.5. The summed E-state index contributed by atoms with van der Waals surface area (Å²) in [5.74, 6) is 0.391. The molecule has 16 heavy (non-hydrogen) atoms. The zero-order valence-corrected chi connectivity index (χ0v) is 10.8. The van der Waals surface area contributed by atoms with Crippen LogP contribution >= 0.6 is 34.8 Å². The third-order valence-electron chi connectivity index (χ3n) is 2.17. The van der Waals surface area contributed by atoms with Crippen molar-refractivity contribution < 1.29 is 0 Å². The number of nitrogens with zero attached hydrogens (tertiary/aromatic N) is 2. The van der Waals surface area contributed by atoms with E-state index in [-0.39, 0.29) is 0 Å². The lowest BCUT2D eigenvalue weighted by atomic mass is 10.3. The van der Waals surface area contributed by atoms with Gasteiger partial charge in [-0.1, -0.05) is 23.2 Å². The predicted octanol–water partition coefficient (Wildman–Crippen LogP) is 4.23. The predicted molar refractivity (Wildman–Crippen MR) is 67.9 cm³/mol. The van der Waals surface area contributed by atoms with Crippen molar-refractivity contribution in [2.45, 2.75) is 12.8 Å². The normalized spacial score (nSPS) is 10.8. The molecule has 2 aromatic rings. The molecule has 84 valence electrons. The molecule has 0 aliphatic carbocycles. The van der Waals surface area contributed by atoms with Crippen LogP contribution < -0.4 is 0 Å². The van der Waals surface area contributed by atoms with E-state index in [2.05, 4.69) is 5.10 Å². The van der Waals surface area contributed by atoms with Gasteiger partial charge < -0.3 is 0 Å². The van der Waals surface area contributed by atoms with Gasteiger partial charge in [0.1, 0.15) is 0 Å². The Labute approximate surface area is 109 Å². The van der Waals surface area contributed by atoms with E-state index in [9.17, 15) is 0 Å². The number of halogens is 3. The molecule has 2 rings (SSSR count). The van der Waals surface area contributed by atoms with Crippen molar-refractivity contribution in [2.75, 3.05) is 0 Å². The Morgan fingerprint density at radius 3 is 2.25 bits per heavy atom. The molecule has 0 aliphatic heterocycles. The summed E-state index contributed by atoms with van der Waals surface area (Å²) in [5.41, 5.74) is 2.66. The van der Waals surface area contributed by atoms with E-state index in [1.807, 2.05) is 25.1 Å². The van der Waals surface area contributed by atoms with E-state index in [4.69, 9.17) is 34.8 Å².